The van der Waals surface area contributed by atoms with Gasteiger partial charge in [0.1, 0.15) is 0 Å². The van der Waals surface area contributed by atoms with Crippen molar-refractivity contribution in [1.29, 1.82) is 0 Å². The summed E-state index contributed by atoms with van der Waals surface area (Å²) in [5.74, 6) is 0.515. The van der Waals surface area contributed by atoms with Gasteiger partial charge in [-0.05, 0) is 56.5 Å². The van der Waals surface area contributed by atoms with Crippen molar-refractivity contribution in [3.63, 3.8) is 0 Å². The van der Waals surface area contributed by atoms with E-state index in [0.717, 1.165) is 25.1 Å². The summed E-state index contributed by atoms with van der Waals surface area (Å²) in [7, 11) is 0. The Balaban J connectivity index is 1.90. The van der Waals surface area contributed by atoms with Gasteiger partial charge in [-0.1, -0.05) is 26.0 Å². The molecule has 4 nitrogen and oxygen atoms in total. The van der Waals surface area contributed by atoms with Gasteiger partial charge in [-0.15, -0.1) is 0 Å². The fourth-order valence-electron chi connectivity index (χ4n) is 2.87. The lowest BCUT2D eigenvalue weighted by Gasteiger charge is -2.24. The van der Waals surface area contributed by atoms with Gasteiger partial charge in [0.15, 0.2) is 5.96 Å². The molecule has 0 bridgehead atoms. The molecule has 116 valence electrons. The van der Waals surface area contributed by atoms with Crippen LogP contribution >= 0.6 is 0 Å². The number of hydrogen-bond acceptors (Lipinski definition) is 2. The van der Waals surface area contributed by atoms with Gasteiger partial charge in [-0.3, -0.25) is 9.89 Å². The Morgan fingerprint density at radius 1 is 1.33 bits per heavy atom. The number of nitrogens with two attached hydrogens (primary N) is 1. The molecule has 0 amide bonds. The second kappa shape index (κ2) is 8.03. The molecule has 0 saturated carbocycles. The van der Waals surface area contributed by atoms with E-state index in [1.165, 1.54) is 31.5 Å². The van der Waals surface area contributed by atoms with Crippen molar-refractivity contribution in [2.45, 2.75) is 45.6 Å². The van der Waals surface area contributed by atoms with Crippen molar-refractivity contribution in [3.8, 4) is 0 Å². The molecular formula is C17H28N4. The second-order valence-corrected chi connectivity index (χ2v) is 5.71. The molecule has 1 aliphatic rings. The number of benzene rings is 1. The number of anilines is 1. The van der Waals surface area contributed by atoms with Crippen LogP contribution in [0.15, 0.2) is 29.3 Å². The van der Waals surface area contributed by atoms with Gasteiger partial charge in [0.05, 0.1) is 6.54 Å². The quantitative estimate of drug-likeness (QED) is 0.625. The minimum absolute atomic E-state index is 0.515. The van der Waals surface area contributed by atoms with Crippen molar-refractivity contribution >= 4 is 11.6 Å². The van der Waals surface area contributed by atoms with Crippen molar-refractivity contribution in [1.82, 2.24) is 4.90 Å². The average molecular weight is 288 g/mol. The van der Waals surface area contributed by atoms with E-state index in [0.29, 0.717) is 12.0 Å². The number of nitrogens with zero attached hydrogens (tertiary/aromatic N) is 2. The highest BCUT2D eigenvalue weighted by atomic mass is 15.2. The van der Waals surface area contributed by atoms with Crippen LogP contribution in [0, 0.1) is 0 Å². The molecule has 1 saturated heterocycles. The van der Waals surface area contributed by atoms with Crippen molar-refractivity contribution < 1.29 is 0 Å². The van der Waals surface area contributed by atoms with E-state index < -0.39 is 0 Å². The molecule has 4 heteroatoms. The molecule has 0 radical (unpaired) electrons. The van der Waals surface area contributed by atoms with Crippen molar-refractivity contribution in [2.75, 3.05) is 25.0 Å². The van der Waals surface area contributed by atoms with E-state index in [4.69, 9.17) is 5.73 Å². The average Bonchev–Trinajstić information content (AvgIpc) is 3.02. The van der Waals surface area contributed by atoms with Gasteiger partial charge in [-0.25, -0.2) is 0 Å². The Morgan fingerprint density at radius 2 is 2.10 bits per heavy atom. The number of likely N-dealkylation sites (tertiary alicyclic amines) is 1. The predicted molar refractivity (Wildman–Crippen MR) is 90.8 cm³/mol. The maximum absolute atomic E-state index is 6.02. The summed E-state index contributed by atoms with van der Waals surface area (Å²) in [4.78, 5) is 7.07. The van der Waals surface area contributed by atoms with Gasteiger partial charge in [0, 0.05) is 11.7 Å². The summed E-state index contributed by atoms with van der Waals surface area (Å²) in [6, 6.07) is 8.85. The van der Waals surface area contributed by atoms with Crippen LogP contribution in [0.4, 0.5) is 5.69 Å². The number of rotatable bonds is 6. The largest absolute Gasteiger partial charge is 0.370 e. The van der Waals surface area contributed by atoms with Crippen LogP contribution in [0.2, 0.25) is 0 Å². The lowest BCUT2D eigenvalue weighted by molar-refractivity contribution is 0.242. The molecule has 1 aromatic carbocycles. The molecule has 3 N–H and O–H groups in total. The zero-order chi connectivity index (χ0) is 15.1. The maximum Gasteiger partial charge on any atom is 0.193 e. The summed E-state index contributed by atoms with van der Waals surface area (Å²) >= 11 is 0. The Bertz CT molecular complexity index is 464. The van der Waals surface area contributed by atoms with Gasteiger partial charge >= 0.3 is 0 Å². The first-order valence-corrected chi connectivity index (χ1v) is 8.12. The van der Waals surface area contributed by atoms with Gasteiger partial charge in [-0.2, -0.15) is 0 Å². The number of aliphatic imine (C=N–C) groups is 1. The lowest BCUT2D eigenvalue weighted by Crippen LogP contribution is -2.35. The smallest absolute Gasteiger partial charge is 0.193 e. The van der Waals surface area contributed by atoms with Crippen molar-refractivity contribution in [2.24, 2.45) is 10.7 Å². The zero-order valence-corrected chi connectivity index (χ0v) is 13.3. The van der Waals surface area contributed by atoms with Crippen LogP contribution < -0.4 is 11.1 Å². The Hall–Kier alpha value is -1.55. The lowest BCUT2D eigenvalue weighted by atomic mass is 10.1. The van der Waals surface area contributed by atoms with E-state index in [1.54, 1.807) is 0 Å². The molecule has 1 aliphatic heterocycles. The molecule has 2 rings (SSSR count). The number of guanidine groups is 1. The summed E-state index contributed by atoms with van der Waals surface area (Å²) in [5, 5.41) is 3.20. The molecule has 0 aromatic heterocycles. The number of aryl methyl sites for hydroxylation is 1. The third kappa shape index (κ3) is 4.74. The number of hydrogen-bond donors (Lipinski definition) is 2. The first kappa shape index (κ1) is 15.8. The second-order valence-electron chi connectivity index (χ2n) is 5.71. The minimum atomic E-state index is 0.515. The topological polar surface area (TPSA) is 53.6 Å². The van der Waals surface area contributed by atoms with E-state index >= 15 is 0 Å². The molecule has 21 heavy (non-hydrogen) atoms. The molecule has 1 fully saturated rings. The predicted octanol–water partition coefficient (Wildman–Crippen LogP) is 2.85. The van der Waals surface area contributed by atoms with Crippen LogP contribution in [0.25, 0.3) is 0 Å². The third-order valence-corrected chi connectivity index (χ3v) is 4.21. The Labute approximate surface area is 128 Å². The highest BCUT2D eigenvalue weighted by molar-refractivity contribution is 5.92. The Morgan fingerprint density at radius 3 is 2.76 bits per heavy atom. The molecule has 1 unspecified atom stereocenters. The standard InChI is InChI=1S/C17H28N4/c1-3-14-8-7-9-15(12-14)20-17(18)19-13-16(4-2)21-10-5-6-11-21/h7-9,12,16H,3-6,10-11,13H2,1-2H3,(H3,18,19,20). The molecule has 1 atom stereocenters. The van der Waals surface area contributed by atoms with E-state index in [1.807, 2.05) is 12.1 Å². The molecule has 0 aliphatic carbocycles. The molecular weight excluding hydrogens is 260 g/mol. The fourth-order valence-corrected chi connectivity index (χ4v) is 2.87. The maximum atomic E-state index is 6.02. The monoisotopic (exact) mass is 288 g/mol. The van der Waals surface area contributed by atoms with Gasteiger partial charge < -0.3 is 11.1 Å². The molecule has 1 aromatic rings. The SMILES string of the molecule is CCc1cccc(NC(N)=NCC(CC)N2CCCC2)c1. The summed E-state index contributed by atoms with van der Waals surface area (Å²) < 4.78 is 0. The third-order valence-electron chi connectivity index (χ3n) is 4.21. The normalized spacial score (nSPS) is 17.9. The Kier molecular flexibility index (Phi) is 6.05. The van der Waals surface area contributed by atoms with Crippen LogP contribution in [-0.4, -0.2) is 36.5 Å². The van der Waals surface area contributed by atoms with Gasteiger partial charge in [0.2, 0.25) is 0 Å². The fraction of sp³-hybridized carbons (Fsp3) is 0.588. The van der Waals surface area contributed by atoms with Crippen LogP contribution in [0.3, 0.4) is 0 Å². The highest BCUT2D eigenvalue weighted by Crippen LogP contribution is 2.14. The summed E-state index contributed by atoms with van der Waals surface area (Å²) in [5.41, 5.74) is 8.34. The summed E-state index contributed by atoms with van der Waals surface area (Å²) in [6.45, 7) is 7.58. The first-order chi connectivity index (χ1) is 10.2. The van der Waals surface area contributed by atoms with E-state index in [2.05, 4.69) is 41.2 Å². The highest BCUT2D eigenvalue weighted by Gasteiger charge is 2.19. The zero-order valence-electron chi connectivity index (χ0n) is 13.3. The van der Waals surface area contributed by atoms with E-state index in [9.17, 15) is 0 Å². The van der Waals surface area contributed by atoms with Crippen molar-refractivity contribution in [3.05, 3.63) is 29.8 Å². The van der Waals surface area contributed by atoms with Gasteiger partial charge in [0.25, 0.3) is 0 Å². The summed E-state index contributed by atoms with van der Waals surface area (Å²) in [6.07, 6.45) is 4.79. The number of nitrogens with one attached hydrogen (secondary N) is 1. The van der Waals surface area contributed by atoms with E-state index in [-0.39, 0.29) is 0 Å². The van der Waals surface area contributed by atoms with Crippen LogP contribution in [-0.2, 0) is 6.42 Å². The molecule has 0 spiro atoms. The van der Waals surface area contributed by atoms with Crippen LogP contribution in [0.5, 0.6) is 0 Å². The first-order valence-electron chi connectivity index (χ1n) is 8.12. The van der Waals surface area contributed by atoms with Crippen LogP contribution in [0.1, 0.15) is 38.7 Å². The minimum Gasteiger partial charge on any atom is -0.370 e. The molecule has 1 heterocycles.